The van der Waals surface area contributed by atoms with Gasteiger partial charge in [-0.1, -0.05) is 24.3 Å². The van der Waals surface area contributed by atoms with Gasteiger partial charge in [0.1, 0.15) is 11.6 Å². The fourth-order valence-electron chi connectivity index (χ4n) is 3.22. The van der Waals surface area contributed by atoms with Crippen LogP contribution in [0.25, 0.3) is 22.3 Å². The number of hydrogen-bond donors (Lipinski definition) is 0. The Balaban J connectivity index is 2.60. The average molecular weight is 475 g/mol. The van der Waals surface area contributed by atoms with Crippen molar-refractivity contribution in [1.82, 2.24) is 4.98 Å². The molecule has 1 heterocycles. The largest absolute Gasteiger partial charge is 0.461 e. The average Bonchev–Trinajstić information content (AvgIpc) is 2.72. The molecule has 0 spiro atoms. The predicted molar refractivity (Wildman–Crippen MR) is 101 cm³/mol. The zero-order valence-electron chi connectivity index (χ0n) is 16.6. The van der Waals surface area contributed by atoms with Gasteiger partial charge in [-0.25, -0.2) is 18.6 Å². The standard InChI is InChI=1S/C22H13F8NO2/c1-2-33-20(32)18-17(21(25,26)27)15(11-3-7-13(23)8-4-11)16(19(31-18)22(28,29)30)12-5-9-14(24)10-6-12/h3-10H,2H2,1H3. The SMILES string of the molecule is CCOC(=O)c1nc(C(F)(F)F)c(-c2ccc(F)cc2)c(-c2ccc(F)cc2)c1C(F)(F)F. The molecule has 0 radical (unpaired) electrons. The Hall–Kier alpha value is -3.50. The molecule has 0 amide bonds. The fraction of sp³-hybridized carbons (Fsp3) is 0.182. The summed E-state index contributed by atoms with van der Waals surface area (Å²) < 4.78 is 116. The van der Waals surface area contributed by atoms with Crippen molar-refractivity contribution in [3.8, 4) is 22.3 Å². The first kappa shape index (κ1) is 24.1. The molecule has 0 saturated carbocycles. The quantitative estimate of drug-likeness (QED) is 0.304. The number of pyridine rings is 1. The molecule has 3 aromatic rings. The number of esters is 1. The summed E-state index contributed by atoms with van der Waals surface area (Å²) in [5, 5.41) is 0. The summed E-state index contributed by atoms with van der Waals surface area (Å²) in [6, 6.07) is 6.39. The van der Waals surface area contributed by atoms with Gasteiger partial charge in [0.05, 0.1) is 12.2 Å². The highest BCUT2D eigenvalue weighted by atomic mass is 19.4. The van der Waals surface area contributed by atoms with Gasteiger partial charge >= 0.3 is 18.3 Å². The second kappa shape index (κ2) is 8.80. The number of halogens is 8. The molecule has 1 aromatic heterocycles. The lowest BCUT2D eigenvalue weighted by molar-refractivity contribution is -0.144. The van der Waals surface area contributed by atoms with E-state index in [0.717, 1.165) is 48.5 Å². The van der Waals surface area contributed by atoms with Crippen molar-refractivity contribution in [2.75, 3.05) is 6.61 Å². The van der Waals surface area contributed by atoms with E-state index in [9.17, 15) is 39.9 Å². The molecule has 174 valence electrons. The molecule has 0 aliphatic rings. The highest BCUT2D eigenvalue weighted by Crippen LogP contribution is 2.48. The summed E-state index contributed by atoms with van der Waals surface area (Å²) in [7, 11) is 0. The van der Waals surface area contributed by atoms with Crippen molar-refractivity contribution in [2.24, 2.45) is 0 Å². The second-order valence-corrected chi connectivity index (χ2v) is 6.66. The molecule has 2 aromatic carbocycles. The van der Waals surface area contributed by atoms with Gasteiger partial charge in [-0.15, -0.1) is 0 Å². The van der Waals surface area contributed by atoms with Gasteiger partial charge < -0.3 is 4.74 Å². The number of aromatic nitrogens is 1. The van der Waals surface area contributed by atoms with Gasteiger partial charge in [-0.2, -0.15) is 26.3 Å². The van der Waals surface area contributed by atoms with E-state index in [4.69, 9.17) is 0 Å². The van der Waals surface area contributed by atoms with Gasteiger partial charge in [-0.05, 0) is 42.3 Å². The van der Waals surface area contributed by atoms with E-state index in [1.54, 1.807) is 0 Å². The summed E-state index contributed by atoms with van der Waals surface area (Å²) in [6.45, 7) is 0.828. The van der Waals surface area contributed by atoms with E-state index in [-0.39, 0.29) is 0 Å². The normalized spacial score (nSPS) is 12.0. The fourth-order valence-corrected chi connectivity index (χ4v) is 3.22. The van der Waals surface area contributed by atoms with E-state index in [1.807, 2.05) is 0 Å². The number of rotatable bonds is 4. The monoisotopic (exact) mass is 475 g/mol. The van der Waals surface area contributed by atoms with Crippen molar-refractivity contribution < 1.29 is 44.7 Å². The third kappa shape index (κ3) is 4.96. The molecule has 0 saturated heterocycles. The van der Waals surface area contributed by atoms with Crippen LogP contribution in [0.4, 0.5) is 35.1 Å². The minimum atomic E-state index is -5.36. The molecule has 0 unspecified atom stereocenters. The molecule has 3 rings (SSSR count). The highest BCUT2D eigenvalue weighted by molar-refractivity contribution is 5.97. The Labute approximate surface area is 181 Å². The van der Waals surface area contributed by atoms with E-state index in [2.05, 4.69) is 9.72 Å². The van der Waals surface area contributed by atoms with E-state index >= 15 is 0 Å². The first-order valence-corrected chi connectivity index (χ1v) is 9.26. The minimum Gasteiger partial charge on any atom is -0.461 e. The first-order valence-electron chi connectivity index (χ1n) is 9.26. The van der Waals surface area contributed by atoms with Gasteiger partial charge in [0.2, 0.25) is 0 Å². The van der Waals surface area contributed by atoms with Crippen molar-refractivity contribution in [3.05, 3.63) is 77.1 Å². The summed E-state index contributed by atoms with van der Waals surface area (Å²) in [5.74, 6) is -3.42. The van der Waals surface area contributed by atoms with Gasteiger partial charge in [0, 0.05) is 11.1 Å². The van der Waals surface area contributed by atoms with Crippen LogP contribution in [0.15, 0.2) is 48.5 Å². The lowest BCUT2D eigenvalue weighted by Gasteiger charge is -2.23. The zero-order chi connectivity index (χ0) is 24.6. The second-order valence-electron chi connectivity index (χ2n) is 6.66. The van der Waals surface area contributed by atoms with Crippen molar-refractivity contribution >= 4 is 5.97 Å². The van der Waals surface area contributed by atoms with Gasteiger partial charge in [-0.3, -0.25) is 0 Å². The van der Waals surface area contributed by atoms with Crippen LogP contribution in [0, 0.1) is 11.6 Å². The number of carbonyl (C=O) groups excluding carboxylic acids is 1. The van der Waals surface area contributed by atoms with E-state index < -0.39 is 75.8 Å². The Kier molecular flexibility index (Phi) is 6.44. The van der Waals surface area contributed by atoms with Crippen LogP contribution < -0.4 is 0 Å². The summed E-state index contributed by atoms with van der Waals surface area (Å²) in [6.07, 6.45) is -10.7. The van der Waals surface area contributed by atoms with E-state index in [1.165, 1.54) is 6.92 Å². The van der Waals surface area contributed by atoms with Crippen LogP contribution in [0.1, 0.15) is 28.7 Å². The lowest BCUT2D eigenvalue weighted by atomic mass is 9.88. The predicted octanol–water partition coefficient (Wildman–Crippen LogP) is 6.91. The van der Waals surface area contributed by atoms with Crippen LogP contribution in [0.2, 0.25) is 0 Å². The number of alkyl halides is 6. The van der Waals surface area contributed by atoms with E-state index in [0.29, 0.717) is 0 Å². The maximum Gasteiger partial charge on any atom is 0.434 e. The molecule has 0 atom stereocenters. The number of hydrogen-bond acceptors (Lipinski definition) is 3. The Bertz CT molecular complexity index is 1170. The van der Waals surface area contributed by atoms with Gasteiger partial charge in [0.25, 0.3) is 0 Å². The molecule has 0 N–H and O–H groups in total. The van der Waals surface area contributed by atoms with Crippen molar-refractivity contribution in [1.29, 1.82) is 0 Å². The van der Waals surface area contributed by atoms with Crippen LogP contribution in [-0.4, -0.2) is 17.6 Å². The molecular formula is C22H13F8NO2. The molecule has 0 fully saturated rings. The zero-order valence-corrected chi connectivity index (χ0v) is 16.6. The minimum absolute atomic E-state index is 0.426. The number of ether oxygens (including phenoxy) is 1. The number of carbonyl (C=O) groups is 1. The summed E-state index contributed by atoms with van der Waals surface area (Å²) in [4.78, 5) is 15.3. The Morgan fingerprint density at radius 1 is 0.788 bits per heavy atom. The van der Waals surface area contributed by atoms with Crippen LogP contribution in [0.3, 0.4) is 0 Å². The number of benzene rings is 2. The molecule has 11 heteroatoms. The first-order chi connectivity index (χ1) is 15.3. The van der Waals surface area contributed by atoms with Crippen LogP contribution in [0.5, 0.6) is 0 Å². The maximum absolute atomic E-state index is 14.2. The third-order valence-corrected chi connectivity index (χ3v) is 4.48. The Morgan fingerprint density at radius 3 is 1.64 bits per heavy atom. The molecule has 0 bridgehead atoms. The lowest BCUT2D eigenvalue weighted by Crippen LogP contribution is -2.23. The maximum atomic E-state index is 14.2. The molecular weight excluding hydrogens is 462 g/mol. The van der Waals surface area contributed by atoms with Crippen LogP contribution in [-0.2, 0) is 17.1 Å². The smallest absolute Gasteiger partial charge is 0.434 e. The molecule has 0 aliphatic carbocycles. The molecule has 33 heavy (non-hydrogen) atoms. The summed E-state index contributed by atoms with van der Waals surface area (Å²) >= 11 is 0. The Morgan fingerprint density at radius 2 is 1.24 bits per heavy atom. The van der Waals surface area contributed by atoms with Crippen molar-refractivity contribution in [2.45, 2.75) is 19.3 Å². The highest BCUT2D eigenvalue weighted by Gasteiger charge is 2.46. The summed E-state index contributed by atoms with van der Waals surface area (Å²) in [5.41, 5.74) is -8.24. The third-order valence-electron chi connectivity index (χ3n) is 4.48. The van der Waals surface area contributed by atoms with Crippen molar-refractivity contribution in [3.63, 3.8) is 0 Å². The topological polar surface area (TPSA) is 39.2 Å². The van der Waals surface area contributed by atoms with Crippen LogP contribution >= 0.6 is 0 Å². The number of nitrogens with zero attached hydrogens (tertiary/aromatic N) is 1. The van der Waals surface area contributed by atoms with Gasteiger partial charge in [0.15, 0.2) is 11.4 Å². The molecule has 3 nitrogen and oxygen atoms in total. The molecule has 0 aliphatic heterocycles.